The Morgan fingerprint density at radius 3 is 2.42 bits per heavy atom. The Bertz CT molecular complexity index is 153. The summed E-state index contributed by atoms with van der Waals surface area (Å²) in [6, 6.07) is 0.0923. The summed E-state index contributed by atoms with van der Waals surface area (Å²) < 4.78 is 0. The molecule has 3 heteroatoms. The molecular weight excluding hydrogens is 152 g/mol. The molecule has 3 nitrogen and oxygen atoms in total. The first-order valence-corrected chi connectivity index (χ1v) is 4.42. The second-order valence-electron chi connectivity index (χ2n) is 3.91. The van der Waals surface area contributed by atoms with Crippen LogP contribution in [-0.2, 0) is 4.79 Å². The predicted octanol–water partition coefficient (Wildman–Crippen LogP) is 0.886. The molecule has 1 amide bonds. The van der Waals surface area contributed by atoms with Gasteiger partial charge in [-0.05, 0) is 12.3 Å². The maximum absolute atomic E-state index is 10.9. The van der Waals surface area contributed by atoms with E-state index < -0.39 is 0 Å². The van der Waals surface area contributed by atoms with Crippen LogP contribution in [0, 0.1) is 5.41 Å². The molecule has 12 heavy (non-hydrogen) atoms. The minimum absolute atomic E-state index is 0.0230. The van der Waals surface area contributed by atoms with Crippen LogP contribution in [0.2, 0.25) is 0 Å². The molecule has 0 fully saturated rings. The van der Waals surface area contributed by atoms with Crippen molar-refractivity contribution in [3.8, 4) is 0 Å². The van der Waals surface area contributed by atoms with Crippen molar-refractivity contribution in [3.05, 3.63) is 0 Å². The highest BCUT2D eigenvalue weighted by Gasteiger charge is 2.22. The molecule has 0 aliphatic rings. The van der Waals surface area contributed by atoms with Crippen LogP contribution in [0.1, 0.15) is 34.1 Å². The van der Waals surface area contributed by atoms with Gasteiger partial charge in [0.15, 0.2) is 0 Å². The van der Waals surface area contributed by atoms with Crippen LogP contribution < -0.4 is 11.1 Å². The van der Waals surface area contributed by atoms with E-state index in [2.05, 4.69) is 5.32 Å². The van der Waals surface area contributed by atoms with Gasteiger partial charge >= 0.3 is 0 Å². The third-order valence-corrected chi connectivity index (χ3v) is 2.29. The quantitative estimate of drug-likeness (QED) is 0.661. The van der Waals surface area contributed by atoms with Crippen LogP contribution in [0.25, 0.3) is 0 Å². The Balaban J connectivity index is 3.83. The number of carbonyl (C=O) groups excluding carboxylic acids is 1. The van der Waals surface area contributed by atoms with Crippen molar-refractivity contribution in [1.82, 2.24) is 5.32 Å². The van der Waals surface area contributed by atoms with E-state index in [1.165, 1.54) is 0 Å². The Kier molecular flexibility index (Phi) is 4.24. The lowest BCUT2D eigenvalue weighted by Gasteiger charge is -2.28. The van der Waals surface area contributed by atoms with Gasteiger partial charge in [0.05, 0.1) is 0 Å². The molecule has 0 spiro atoms. The summed E-state index contributed by atoms with van der Waals surface area (Å²) in [6.45, 7) is 8.55. The van der Waals surface area contributed by atoms with Gasteiger partial charge < -0.3 is 11.1 Å². The van der Waals surface area contributed by atoms with E-state index in [1.54, 1.807) is 0 Å². The first-order chi connectivity index (χ1) is 5.40. The monoisotopic (exact) mass is 172 g/mol. The van der Waals surface area contributed by atoms with Gasteiger partial charge in [-0.1, -0.05) is 20.8 Å². The van der Waals surface area contributed by atoms with E-state index in [0.29, 0.717) is 13.0 Å². The molecule has 0 aromatic carbocycles. The van der Waals surface area contributed by atoms with Crippen LogP contribution in [0.15, 0.2) is 0 Å². The van der Waals surface area contributed by atoms with Crippen molar-refractivity contribution in [2.75, 3.05) is 6.54 Å². The standard InChI is InChI=1S/C9H20N2O/c1-5-8(12)11-6-9(3,4)7(2)10/h7H,5-6,10H2,1-4H3,(H,11,12). The summed E-state index contributed by atoms with van der Waals surface area (Å²) in [4.78, 5) is 10.9. The second kappa shape index (κ2) is 4.45. The third-order valence-electron chi connectivity index (χ3n) is 2.29. The summed E-state index contributed by atoms with van der Waals surface area (Å²) in [6.07, 6.45) is 0.537. The number of rotatable bonds is 4. The lowest BCUT2D eigenvalue weighted by molar-refractivity contribution is -0.121. The fourth-order valence-corrected chi connectivity index (χ4v) is 0.612. The number of hydrogen-bond acceptors (Lipinski definition) is 2. The minimum Gasteiger partial charge on any atom is -0.356 e. The maximum Gasteiger partial charge on any atom is 0.219 e. The molecule has 0 aromatic heterocycles. The van der Waals surface area contributed by atoms with Crippen molar-refractivity contribution in [3.63, 3.8) is 0 Å². The first kappa shape index (κ1) is 11.4. The number of nitrogens with two attached hydrogens (primary N) is 1. The van der Waals surface area contributed by atoms with Crippen LogP contribution in [0.3, 0.4) is 0 Å². The Morgan fingerprint density at radius 2 is 2.08 bits per heavy atom. The van der Waals surface area contributed by atoms with Crippen molar-refractivity contribution in [2.24, 2.45) is 11.1 Å². The van der Waals surface area contributed by atoms with E-state index in [-0.39, 0.29) is 17.4 Å². The van der Waals surface area contributed by atoms with Gasteiger partial charge in [0.1, 0.15) is 0 Å². The zero-order valence-electron chi connectivity index (χ0n) is 8.48. The van der Waals surface area contributed by atoms with Gasteiger partial charge in [-0.3, -0.25) is 4.79 Å². The predicted molar refractivity (Wildman–Crippen MR) is 50.7 cm³/mol. The van der Waals surface area contributed by atoms with Crippen LogP contribution in [-0.4, -0.2) is 18.5 Å². The fourth-order valence-electron chi connectivity index (χ4n) is 0.612. The van der Waals surface area contributed by atoms with Gasteiger partial charge in [-0.25, -0.2) is 0 Å². The summed E-state index contributed by atoms with van der Waals surface area (Å²) in [5.74, 6) is 0.0868. The van der Waals surface area contributed by atoms with Gasteiger partial charge in [0.2, 0.25) is 5.91 Å². The largest absolute Gasteiger partial charge is 0.356 e. The Morgan fingerprint density at radius 1 is 1.58 bits per heavy atom. The number of carbonyl (C=O) groups is 1. The average Bonchev–Trinajstić information content (AvgIpc) is 2.00. The number of amides is 1. The summed E-state index contributed by atoms with van der Waals surface area (Å²) in [7, 11) is 0. The van der Waals surface area contributed by atoms with E-state index in [4.69, 9.17) is 5.73 Å². The molecule has 0 heterocycles. The van der Waals surface area contributed by atoms with E-state index in [1.807, 2.05) is 27.7 Å². The van der Waals surface area contributed by atoms with Crippen LogP contribution in [0.5, 0.6) is 0 Å². The fraction of sp³-hybridized carbons (Fsp3) is 0.889. The van der Waals surface area contributed by atoms with E-state index >= 15 is 0 Å². The van der Waals surface area contributed by atoms with Gasteiger partial charge in [0, 0.05) is 19.0 Å². The molecule has 3 N–H and O–H groups in total. The van der Waals surface area contributed by atoms with Gasteiger partial charge in [0.25, 0.3) is 0 Å². The third kappa shape index (κ3) is 3.72. The molecule has 0 aromatic rings. The van der Waals surface area contributed by atoms with E-state index in [0.717, 1.165) is 0 Å². The van der Waals surface area contributed by atoms with Crippen molar-refractivity contribution >= 4 is 5.91 Å². The minimum atomic E-state index is -0.0230. The van der Waals surface area contributed by atoms with E-state index in [9.17, 15) is 4.79 Å². The highest BCUT2D eigenvalue weighted by Crippen LogP contribution is 2.16. The highest BCUT2D eigenvalue weighted by atomic mass is 16.1. The molecule has 0 aliphatic heterocycles. The summed E-state index contributed by atoms with van der Waals surface area (Å²) in [5.41, 5.74) is 5.72. The molecule has 1 atom stereocenters. The molecule has 0 aliphatic carbocycles. The normalized spacial score (nSPS) is 14.1. The zero-order valence-corrected chi connectivity index (χ0v) is 8.48. The van der Waals surface area contributed by atoms with Gasteiger partial charge in [-0.15, -0.1) is 0 Å². The Labute approximate surface area is 74.7 Å². The summed E-state index contributed by atoms with van der Waals surface area (Å²) >= 11 is 0. The molecular formula is C9H20N2O. The average molecular weight is 172 g/mol. The molecule has 0 radical (unpaired) electrons. The Hall–Kier alpha value is -0.570. The maximum atomic E-state index is 10.9. The van der Waals surface area contributed by atoms with Crippen LogP contribution >= 0.6 is 0 Å². The molecule has 1 unspecified atom stereocenters. The molecule has 0 bridgehead atoms. The molecule has 0 saturated heterocycles. The SMILES string of the molecule is CCC(=O)NCC(C)(C)C(C)N. The lowest BCUT2D eigenvalue weighted by atomic mass is 9.86. The molecule has 0 saturated carbocycles. The van der Waals surface area contributed by atoms with Crippen molar-refractivity contribution in [2.45, 2.75) is 40.2 Å². The van der Waals surface area contributed by atoms with Gasteiger partial charge in [-0.2, -0.15) is 0 Å². The molecule has 0 rings (SSSR count). The summed E-state index contributed by atoms with van der Waals surface area (Å²) in [5, 5.41) is 2.84. The highest BCUT2D eigenvalue weighted by molar-refractivity contribution is 5.75. The topological polar surface area (TPSA) is 55.1 Å². The van der Waals surface area contributed by atoms with Crippen LogP contribution in [0.4, 0.5) is 0 Å². The zero-order chi connectivity index (χ0) is 9.78. The second-order valence-corrected chi connectivity index (χ2v) is 3.91. The molecule has 72 valence electrons. The number of hydrogen-bond donors (Lipinski definition) is 2. The van der Waals surface area contributed by atoms with Crippen molar-refractivity contribution in [1.29, 1.82) is 0 Å². The number of nitrogens with one attached hydrogen (secondary N) is 1. The van der Waals surface area contributed by atoms with Crippen molar-refractivity contribution < 1.29 is 4.79 Å². The smallest absolute Gasteiger partial charge is 0.219 e. The first-order valence-electron chi connectivity index (χ1n) is 4.42. The lowest BCUT2D eigenvalue weighted by Crippen LogP contribution is -2.43.